The van der Waals surface area contributed by atoms with E-state index in [1.54, 1.807) is 19.1 Å². The number of amides is 1. The number of carboxylic acids is 1. The fourth-order valence-electron chi connectivity index (χ4n) is 3.68. The van der Waals surface area contributed by atoms with Crippen molar-refractivity contribution in [3.8, 4) is 11.4 Å². The van der Waals surface area contributed by atoms with Crippen LogP contribution in [0.1, 0.15) is 51.4 Å². The third-order valence-electron chi connectivity index (χ3n) is 5.07. The molecule has 0 aliphatic carbocycles. The van der Waals surface area contributed by atoms with Crippen molar-refractivity contribution >= 4 is 17.6 Å². The van der Waals surface area contributed by atoms with Gasteiger partial charge in [-0.1, -0.05) is 18.6 Å². The molecule has 1 aromatic heterocycles. The summed E-state index contributed by atoms with van der Waals surface area (Å²) in [6, 6.07) is 12.1. The van der Waals surface area contributed by atoms with Gasteiger partial charge in [0.1, 0.15) is 5.82 Å². The molecule has 0 bridgehead atoms. The Labute approximate surface area is 168 Å². The van der Waals surface area contributed by atoms with Gasteiger partial charge in [0, 0.05) is 29.8 Å². The number of nitrogens with zero attached hydrogens (tertiary/aromatic N) is 3. The molecule has 2 heterocycles. The van der Waals surface area contributed by atoms with Crippen LogP contribution in [0.5, 0.6) is 0 Å². The average molecular weight is 390 g/mol. The Morgan fingerprint density at radius 1 is 1.03 bits per heavy atom. The number of carboxylic acid groups (broad SMARTS) is 1. The number of benzene rings is 2. The van der Waals surface area contributed by atoms with E-state index < -0.39 is 5.97 Å². The number of aromatic carboxylic acids is 1. The zero-order chi connectivity index (χ0) is 20.4. The number of carbonyl (C=O) groups excluding carboxylic acids is 1. The molecular formula is C22H22N4O3. The first-order chi connectivity index (χ1) is 14.0. The number of carbonyl (C=O) groups is 2. The number of anilines is 1. The van der Waals surface area contributed by atoms with E-state index in [9.17, 15) is 14.7 Å². The van der Waals surface area contributed by atoms with E-state index in [0.29, 0.717) is 11.3 Å². The Morgan fingerprint density at radius 2 is 1.86 bits per heavy atom. The molecule has 29 heavy (non-hydrogen) atoms. The van der Waals surface area contributed by atoms with Gasteiger partial charge in [-0.3, -0.25) is 4.79 Å². The minimum Gasteiger partial charge on any atom is -0.478 e. The van der Waals surface area contributed by atoms with Gasteiger partial charge in [-0.05, 0) is 55.7 Å². The van der Waals surface area contributed by atoms with Crippen LogP contribution in [0.3, 0.4) is 0 Å². The first kappa shape index (κ1) is 18.9. The predicted molar refractivity (Wildman–Crippen MR) is 109 cm³/mol. The summed E-state index contributed by atoms with van der Waals surface area (Å²) >= 11 is 0. The molecule has 0 fully saturated rings. The van der Waals surface area contributed by atoms with Gasteiger partial charge in [0.25, 0.3) is 5.91 Å². The molecule has 4 rings (SSSR count). The highest BCUT2D eigenvalue weighted by atomic mass is 16.4. The maximum absolute atomic E-state index is 12.7. The van der Waals surface area contributed by atoms with E-state index in [4.69, 9.17) is 0 Å². The molecule has 7 heteroatoms. The second kappa shape index (κ2) is 7.87. The van der Waals surface area contributed by atoms with Crippen molar-refractivity contribution < 1.29 is 14.7 Å². The summed E-state index contributed by atoms with van der Waals surface area (Å²) in [6.07, 6.45) is 4.35. The van der Waals surface area contributed by atoms with Crippen molar-refractivity contribution in [3.63, 3.8) is 0 Å². The highest BCUT2D eigenvalue weighted by Gasteiger charge is 2.17. The van der Waals surface area contributed by atoms with E-state index in [1.807, 2.05) is 18.2 Å². The standard InChI is InChI=1S/C22H22N4O3/c1-14-10-16(12-17(11-14)22(28)29)21(27)23-18-7-5-6-15(13-18)20-25-24-19-8-3-2-4-9-26(19)20/h5-7,10-13H,2-4,8-9H2,1H3,(H,23,27)(H,28,29). The minimum absolute atomic E-state index is 0.0926. The number of fused-ring (bicyclic) bond motifs is 1. The zero-order valence-corrected chi connectivity index (χ0v) is 16.2. The molecule has 0 saturated carbocycles. The van der Waals surface area contributed by atoms with Gasteiger partial charge in [-0.2, -0.15) is 0 Å². The lowest BCUT2D eigenvalue weighted by atomic mass is 10.1. The molecular weight excluding hydrogens is 368 g/mol. The number of nitrogens with one attached hydrogen (secondary N) is 1. The van der Waals surface area contributed by atoms with E-state index in [1.165, 1.54) is 18.6 Å². The van der Waals surface area contributed by atoms with Gasteiger partial charge in [0.2, 0.25) is 0 Å². The van der Waals surface area contributed by atoms with Crippen LogP contribution in [0, 0.1) is 6.92 Å². The Bertz CT molecular complexity index is 1090. The molecule has 1 aliphatic heterocycles. The Kier molecular flexibility index (Phi) is 5.12. The fraction of sp³-hybridized carbons (Fsp3) is 0.273. The fourth-order valence-corrected chi connectivity index (χ4v) is 3.68. The molecule has 2 aromatic carbocycles. The third kappa shape index (κ3) is 4.03. The Morgan fingerprint density at radius 3 is 2.69 bits per heavy atom. The first-order valence-corrected chi connectivity index (χ1v) is 9.70. The van der Waals surface area contributed by atoms with E-state index in [-0.39, 0.29) is 11.5 Å². The quantitative estimate of drug-likeness (QED) is 0.703. The first-order valence-electron chi connectivity index (χ1n) is 9.70. The van der Waals surface area contributed by atoms with Gasteiger partial charge in [0.05, 0.1) is 5.56 Å². The molecule has 148 valence electrons. The number of hydrogen-bond donors (Lipinski definition) is 2. The lowest BCUT2D eigenvalue weighted by molar-refractivity contribution is 0.0696. The normalized spacial score (nSPS) is 13.4. The second-order valence-electron chi connectivity index (χ2n) is 7.33. The predicted octanol–water partition coefficient (Wildman–Crippen LogP) is 3.93. The molecule has 0 spiro atoms. The number of aryl methyl sites for hydroxylation is 2. The molecule has 7 nitrogen and oxygen atoms in total. The monoisotopic (exact) mass is 390 g/mol. The number of rotatable bonds is 4. The van der Waals surface area contributed by atoms with Crippen molar-refractivity contribution in [2.24, 2.45) is 0 Å². The SMILES string of the molecule is Cc1cc(C(=O)O)cc(C(=O)Nc2cccc(-c3nnc4n3CCCCC4)c2)c1. The number of hydrogen-bond acceptors (Lipinski definition) is 4. The maximum Gasteiger partial charge on any atom is 0.335 e. The molecule has 3 aromatic rings. The highest BCUT2D eigenvalue weighted by molar-refractivity contribution is 6.06. The largest absolute Gasteiger partial charge is 0.478 e. The summed E-state index contributed by atoms with van der Waals surface area (Å²) in [5.74, 6) is 0.403. The van der Waals surface area contributed by atoms with Gasteiger partial charge < -0.3 is 15.0 Å². The lowest BCUT2D eigenvalue weighted by Gasteiger charge is -2.10. The molecule has 1 aliphatic rings. The van der Waals surface area contributed by atoms with Gasteiger partial charge in [-0.25, -0.2) is 4.79 Å². The molecule has 2 N–H and O–H groups in total. The van der Waals surface area contributed by atoms with Crippen LogP contribution in [0.25, 0.3) is 11.4 Å². The smallest absolute Gasteiger partial charge is 0.335 e. The van der Waals surface area contributed by atoms with E-state index in [0.717, 1.165) is 48.6 Å². The second-order valence-corrected chi connectivity index (χ2v) is 7.33. The highest BCUT2D eigenvalue weighted by Crippen LogP contribution is 2.25. The third-order valence-corrected chi connectivity index (χ3v) is 5.07. The van der Waals surface area contributed by atoms with Gasteiger partial charge in [0.15, 0.2) is 5.82 Å². The molecule has 0 saturated heterocycles. The zero-order valence-electron chi connectivity index (χ0n) is 16.2. The maximum atomic E-state index is 12.7. The van der Waals surface area contributed by atoms with Crippen LogP contribution in [0.4, 0.5) is 5.69 Å². The summed E-state index contributed by atoms with van der Waals surface area (Å²) in [5.41, 5.74) is 2.63. The molecule has 0 atom stereocenters. The van der Waals surface area contributed by atoms with Crippen LogP contribution in [0.15, 0.2) is 42.5 Å². The number of aromatic nitrogens is 3. The minimum atomic E-state index is -1.06. The summed E-state index contributed by atoms with van der Waals surface area (Å²) < 4.78 is 2.16. The lowest BCUT2D eigenvalue weighted by Crippen LogP contribution is -2.13. The Balaban J connectivity index is 1.60. The van der Waals surface area contributed by atoms with E-state index >= 15 is 0 Å². The summed E-state index contributed by atoms with van der Waals surface area (Å²) in [7, 11) is 0. The van der Waals surface area contributed by atoms with Gasteiger partial charge >= 0.3 is 5.97 Å². The van der Waals surface area contributed by atoms with Gasteiger partial charge in [-0.15, -0.1) is 10.2 Å². The van der Waals surface area contributed by atoms with Crippen molar-refractivity contribution in [1.29, 1.82) is 0 Å². The molecule has 0 radical (unpaired) electrons. The van der Waals surface area contributed by atoms with E-state index in [2.05, 4.69) is 20.1 Å². The molecule has 0 unspecified atom stereocenters. The van der Waals surface area contributed by atoms with Crippen LogP contribution in [-0.4, -0.2) is 31.7 Å². The topological polar surface area (TPSA) is 97.1 Å². The van der Waals surface area contributed by atoms with Crippen LogP contribution >= 0.6 is 0 Å². The average Bonchev–Trinajstić information content (AvgIpc) is 2.96. The van der Waals surface area contributed by atoms with Crippen LogP contribution in [-0.2, 0) is 13.0 Å². The van der Waals surface area contributed by atoms with Crippen molar-refractivity contribution in [3.05, 3.63) is 65.0 Å². The van der Waals surface area contributed by atoms with Crippen LogP contribution in [0.2, 0.25) is 0 Å². The summed E-state index contributed by atoms with van der Waals surface area (Å²) in [4.78, 5) is 23.9. The summed E-state index contributed by atoms with van der Waals surface area (Å²) in [5, 5.41) is 20.8. The molecule has 1 amide bonds. The Hall–Kier alpha value is -3.48. The van der Waals surface area contributed by atoms with Crippen molar-refractivity contribution in [2.75, 3.05) is 5.32 Å². The van der Waals surface area contributed by atoms with Crippen LogP contribution < -0.4 is 5.32 Å². The van der Waals surface area contributed by atoms with Crippen molar-refractivity contribution in [2.45, 2.75) is 39.2 Å². The van der Waals surface area contributed by atoms with Crippen molar-refractivity contribution in [1.82, 2.24) is 14.8 Å². The summed E-state index contributed by atoms with van der Waals surface area (Å²) in [6.45, 7) is 2.66.